The number of aromatic amines is 1. The third kappa shape index (κ3) is 3.42. The minimum absolute atomic E-state index is 0.176. The van der Waals surface area contributed by atoms with Gasteiger partial charge in [0, 0.05) is 43.1 Å². The first kappa shape index (κ1) is 14.1. The molecule has 1 fully saturated rings. The summed E-state index contributed by atoms with van der Waals surface area (Å²) < 4.78 is 13.0. The van der Waals surface area contributed by atoms with E-state index in [-0.39, 0.29) is 5.82 Å². The van der Waals surface area contributed by atoms with Crippen LogP contribution < -0.4 is 10.2 Å². The molecule has 1 aliphatic rings. The Labute approximate surface area is 124 Å². The van der Waals surface area contributed by atoms with Gasteiger partial charge in [-0.15, -0.1) is 0 Å². The van der Waals surface area contributed by atoms with Gasteiger partial charge < -0.3 is 10.2 Å². The highest BCUT2D eigenvalue weighted by atomic mass is 19.1. The van der Waals surface area contributed by atoms with E-state index in [4.69, 9.17) is 0 Å². The number of aromatic nitrogens is 2. The van der Waals surface area contributed by atoms with Crippen LogP contribution in [0, 0.1) is 11.7 Å². The van der Waals surface area contributed by atoms with E-state index < -0.39 is 0 Å². The zero-order valence-corrected chi connectivity index (χ0v) is 12.2. The molecule has 0 amide bonds. The minimum Gasteiger partial charge on any atom is -0.371 e. The SMILES string of the molecule is CC(NCC1CCN(c2ccc(F)cc2)C1)c1cn[nH]c1. The van der Waals surface area contributed by atoms with Gasteiger partial charge in [0.25, 0.3) is 0 Å². The van der Waals surface area contributed by atoms with Crippen molar-refractivity contribution in [1.29, 1.82) is 0 Å². The zero-order chi connectivity index (χ0) is 14.7. The maximum atomic E-state index is 13.0. The number of anilines is 1. The summed E-state index contributed by atoms with van der Waals surface area (Å²) in [5.74, 6) is 0.453. The third-order valence-electron chi connectivity index (χ3n) is 4.21. The summed E-state index contributed by atoms with van der Waals surface area (Å²) >= 11 is 0. The van der Waals surface area contributed by atoms with Crippen molar-refractivity contribution in [2.45, 2.75) is 19.4 Å². The quantitative estimate of drug-likeness (QED) is 0.889. The molecular formula is C16H21FN4. The molecule has 5 heteroatoms. The van der Waals surface area contributed by atoms with Crippen molar-refractivity contribution in [2.24, 2.45) is 5.92 Å². The largest absolute Gasteiger partial charge is 0.371 e. The first-order valence-corrected chi connectivity index (χ1v) is 7.45. The molecule has 112 valence electrons. The maximum Gasteiger partial charge on any atom is 0.123 e. The van der Waals surface area contributed by atoms with Crippen LogP contribution in [0.1, 0.15) is 24.9 Å². The summed E-state index contributed by atoms with van der Waals surface area (Å²) in [5, 5.41) is 10.4. The second kappa shape index (κ2) is 6.26. The van der Waals surface area contributed by atoms with E-state index in [2.05, 4.69) is 27.3 Å². The van der Waals surface area contributed by atoms with Crippen LogP contribution in [-0.2, 0) is 0 Å². The number of nitrogens with zero attached hydrogens (tertiary/aromatic N) is 2. The molecule has 0 aliphatic carbocycles. The standard InChI is InChI=1S/C16H21FN4/c1-12(14-9-19-20-10-14)18-8-13-6-7-21(11-13)16-4-2-15(17)3-5-16/h2-5,9-10,12-13,18H,6-8,11H2,1H3,(H,19,20). The smallest absolute Gasteiger partial charge is 0.123 e. The van der Waals surface area contributed by atoms with Gasteiger partial charge in [-0.1, -0.05) is 0 Å². The van der Waals surface area contributed by atoms with E-state index in [0.717, 1.165) is 25.3 Å². The Morgan fingerprint density at radius 1 is 1.43 bits per heavy atom. The molecule has 1 aliphatic heterocycles. The minimum atomic E-state index is -0.176. The molecule has 3 rings (SSSR count). The van der Waals surface area contributed by atoms with Gasteiger partial charge in [-0.05, 0) is 43.5 Å². The lowest BCUT2D eigenvalue weighted by Crippen LogP contribution is -2.28. The summed E-state index contributed by atoms with van der Waals surface area (Å²) in [5.41, 5.74) is 2.30. The van der Waals surface area contributed by atoms with E-state index in [1.165, 1.54) is 24.1 Å². The highest BCUT2D eigenvalue weighted by molar-refractivity contribution is 5.47. The Morgan fingerprint density at radius 3 is 2.95 bits per heavy atom. The lowest BCUT2D eigenvalue weighted by molar-refractivity contribution is 0.473. The highest BCUT2D eigenvalue weighted by Gasteiger charge is 2.23. The molecule has 4 nitrogen and oxygen atoms in total. The predicted octanol–water partition coefficient (Wildman–Crippen LogP) is 2.73. The molecule has 2 aromatic rings. The molecule has 0 spiro atoms. The van der Waals surface area contributed by atoms with Crippen molar-refractivity contribution in [3.05, 3.63) is 48.0 Å². The Balaban J connectivity index is 1.49. The fraction of sp³-hybridized carbons (Fsp3) is 0.438. The number of H-pyrrole nitrogens is 1. The van der Waals surface area contributed by atoms with E-state index in [1.807, 2.05) is 24.5 Å². The molecular weight excluding hydrogens is 267 g/mol. The Morgan fingerprint density at radius 2 is 2.24 bits per heavy atom. The number of hydrogen-bond acceptors (Lipinski definition) is 3. The van der Waals surface area contributed by atoms with Gasteiger partial charge in [0.2, 0.25) is 0 Å². The Bertz CT molecular complexity index is 552. The number of benzene rings is 1. The topological polar surface area (TPSA) is 44.0 Å². The molecule has 2 atom stereocenters. The summed E-state index contributed by atoms with van der Waals surface area (Å²) in [6.07, 6.45) is 4.96. The van der Waals surface area contributed by atoms with Gasteiger partial charge in [0.1, 0.15) is 5.82 Å². The summed E-state index contributed by atoms with van der Waals surface area (Å²) in [6.45, 7) is 5.20. The first-order chi connectivity index (χ1) is 10.2. The van der Waals surface area contributed by atoms with Crippen LogP contribution in [0.3, 0.4) is 0 Å². The van der Waals surface area contributed by atoms with E-state index >= 15 is 0 Å². The van der Waals surface area contributed by atoms with Crippen molar-refractivity contribution in [2.75, 3.05) is 24.5 Å². The van der Waals surface area contributed by atoms with E-state index in [9.17, 15) is 4.39 Å². The molecule has 2 N–H and O–H groups in total. The second-order valence-corrected chi connectivity index (χ2v) is 5.74. The van der Waals surface area contributed by atoms with Crippen LogP contribution >= 0.6 is 0 Å². The Hall–Kier alpha value is -1.88. The average molecular weight is 288 g/mol. The fourth-order valence-electron chi connectivity index (χ4n) is 2.84. The number of hydrogen-bond donors (Lipinski definition) is 2. The number of halogens is 1. The van der Waals surface area contributed by atoms with Crippen LogP contribution in [0.4, 0.5) is 10.1 Å². The monoisotopic (exact) mass is 288 g/mol. The first-order valence-electron chi connectivity index (χ1n) is 7.45. The average Bonchev–Trinajstić information content (AvgIpc) is 3.17. The zero-order valence-electron chi connectivity index (χ0n) is 12.2. The Kier molecular flexibility index (Phi) is 4.20. The molecule has 0 radical (unpaired) electrons. The second-order valence-electron chi connectivity index (χ2n) is 5.74. The number of nitrogens with one attached hydrogen (secondary N) is 2. The number of rotatable bonds is 5. The summed E-state index contributed by atoms with van der Waals surface area (Å²) in [6, 6.07) is 7.09. The lowest BCUT2D eigenvalue weighted by atomic mass is 10.1. The van der Waals surface area contributed by atoms with Crippen molar-refractivity contribution in [3.63, 3.8) is 0 Å². The van der Waals surface area contributed by atoms with E-state index in [0.29, 0.717) is 12.0 Å². The molecule has 1 saturated heterocycles. The fourth-order valence-corrected chi connectivity index (χ4v) is 2.84. The molecule has 1 aromatic carbocycles. The summed E-state index contributed by atoms with van der Waals surface area (Å²) in [4.78, 5) is 2.33. The van der Waals surface area contributed by atoms with Crippen molar-refractivity contribution < 1.29 is 4.39 Å². The van der Waals surface area contributed by atoms with Crippen molar-refractivity contribution >= 4 is 5.69 Å². The van der Waals surface area contributed by atoms with Crippen LogP contribution in [0.25, 0.3) is 0 Å². The predicted molar refractivity (Wildman–Crippen MR) is 81.7 cm³/mol. The molecule has 1 aromatic heterocycles. The van der Waals surface area contributed by atoms with Crippen LogP contribution in [0.2, 0.25) is 0 Å². The van der Waals surface area contributed by atoms with Crippen LogP contribution in [0.15, 0.2) is 36.7 Å². The van der Waals surface area contributed by atoms with Gasteiger partial charge in [-0.2, -0.15) is 5.10 Å². The van der Waals surface area contributed by atoms with Gasteiger partial charge in [0.15, 0.2) is 0 Å². The van der Waals surface area contributed by atoms with Crippen LogP contribution in [0.5, 0.6) is 0 Å². The maximum absolute atomic E-state index is 13.0. The molecule has 21 heavy (non-hydrogen) atoms. The van der Waals surface area contributed by atoms with E-state index in [1.54, 1.807) is 0 Å². The van der Waals surface area contributed by atoms with Crippen LogP contribution in [-0.4, -0.2) is 29.8 Å². The van der Waals surface area contributed by atoms with Gasteiger partial charge >= 0.3 is 0 Å². The van der Waals surface area contributed by atoms with Gasteiger partial charge in [-0.3, -0.25) is 5.10 Å². The van der Waals surface area contributed by atoms with Gasteiger partial charge in [0.05, 0.1) is 6.20 Å². The molecule has 0 bridgehead atoms. The lowest BCUT2D eigenvalue weighted by Gasteiger charge is -2.20. The van der Waals surface area contributed by atoms with Crippen molar-refractivity contribution in [1.82, 2.24) is 15.5 Å². The van der Waals surface area contributed by atoms with Crippen molar-refractivity contribution in [3.8, 4) is 0 Å². The normalized spacial score (nSPS) is 19.9. The summed E-state index contributed by atoms with van der Waals surface area (Å²) in [7, 11) is 0. The third-order valence-corrected chi connectivity index (χ3v) is 4.21. The molecule has 0 saturated carbocycles. The highest BCUT2D eigenvalue weighted by Crippen LogP contribution is 2.24. The molecule has 2 heterocycles. The van der Waals surface area contributed by atoms with Gasteiger partial charge in [-0.25, -0.2) is 4.39 Å². The molecule has 2 unspecified atom stereocenters.